The molecule has 0 amide bonds. The minimum atomic E-state index is -0.626. The fourth-order valence-corrected chi connectivity index (χ4v) is 3.00. The molecule has 19 heavy (non-hydrogen) atoms. The predicted molar refractivity (Wildman–Crippen MR) is 71.2 cm³/mol. The Labute approximate surface area is 115 Å². The van der Waals surface area contributed by atoms with Crippen LogP contribution in [0.15, 0.2) is 12.1 Å². The van der Waals surface area contributed by atoms with Crippen LogP contribution in [-0.2, 0) is 12.4 Å². The second kappa shape index (κ2) is 4.44. The predicted octanol–water partition coefficient (Wildman–Crippen LogP) is 4.24. The summed E-state index contributed by atoms with van der Waals surface area (Å²) in [5, 5.41) is 0. The van der Waals surface area contributed by atoms with E-state index in [4.69, 9.17) is 11.6 Å². The van der Waals surface area contributed by atoms with Crippen molar-refractivity contribution in [3.8, 4) is 0 Å². The number of benzene rings is 1. The molecule has 3 rings (SSSR count). The van der Waals surface area contributed by atoms with E-state index in [0.29, 0.717) is 17.9 Å². The van der Waals surface area contributed by atoms with Gasteiger partial charge in [-0.05, 0) is 24.3 Å². The molecule has 1 aromatic carbocycles. The number of fused-ring (bicyclic) bond motifs is 1. The number of halogens is 3. The molecule has 102 valence electrons. The summed E-state index contributed by atoms with van der Waals surface area (Å²) in [5.74, 6) is -0.398. The highest BCUT2D eigenvalue weighted by atomic mass is 35.5. The molecule has 0 saturated heterocycles. The molecule has 1 heterocycles. The van der Waals surface area contributed by atoms with E-state index in [2.05, 4.69) is 11.9 Å². The number of hydrogen-bond acceptors (Lipinski definition) is 1. The van der Waals surface area contributed by atoms with Crippen molar-refractivity contribution in [2.75, 3.05) is 0 Å². The van der Waals surface area contributed by atoms with Crippen LogP contribution in [-0.4, -0.2) is 9.55 Å². The van der Waals surface area contributed by atoms with Gasteiger partial charge in [0.05, 0.1) is 11.4 Å². The molecular weight excluding hydrogens is 270 g/mol. The lowest BCUT2D eigenvalue weighted by Gasteiger charge is -2.39. The van der Waals surface area contributed by atoms with Crippen LogP contribution in [0.2, 0.25) is 0 Å². The van der Waals surface area contributed by atoms with Crippen LogP contribution in [0.1, 0.15) is 32.0 Å². The first-order valence-corrected chi connectivity index (χ1v) is 6.96. The third-order valence-electron chi connectivity index (χ3n) is 4.07. The van der Waals surface area contributed by atoms with Crippen LogP contribution in [0.25, 0.3) is 11.0 Å². The molecule has 0 aliphatic heterocycles. The molecular formula is C14H15ClF2N2. The Morgan fingerprint density at radius 3 is 2.68 bits per heavy atom. The molecule has 1 aliphatic carbocycles. The molecule has 5 heteroatoms. The fraction of sp³-hybridized carbons (Fsp3) is 0.500. The topological polar surface area (TPSA) is 17.8 Å². The van der Waals surface area contributed by atoms with Crippen molar-refractivity contribution in [2.45, 2.75) is 38.6 Å². The lowest BCUT2D eigenvalue weighted by molar-refractivity contribution is 0.133. The maximum atomic E-state index is 13.7. The van der Waals surface area contributed by atoms with Crippen molar-refractivity contribution < 1.29 is 8.78 Å². The Bertz CT molecular complexity index is 632. The van der Waals surface area contributed by atoms with E-state index in [1.165, 1.54) is 12.5 Å². The van der Waals surface area contributed by atoms with E-state index in [-0.39, 0.29) is 16.8 Å². The molecule has 0 bridgehead atoms. The van der Waals surface area contributed by atoms with E-state index in [0.717, 1.165) is 18.9 Å². The van der Waals surface area contributed by atoms with Gasteiger partial charge in [0.2, 0.25) is 0 Å². The number of imidazole rings is 1. The summed E-state index contributed by atoms with van der Waals surface area (Å²) in [6.45, 7) is 2.91. The number of aromatic nitrogens is 2. The van der Waals surface area contributed by atoms with Gasteiger partial charge in [-0.1, -0.05) is 13.3 Å². The second-order valence-corrected chi connectivity index (χ2v) is 5.93. The normalized spacial score (nSPS) is 17.7. The Kier molecular flexibility index (Phi) is 3.01. The zero-order valence-electron chi connectivity index (χ0n) is 10.7. The van der Waals surface area contributed by atoms with Gasteiger partial charge in [0.1, 0.15) is 17.2 Å². The van der Waals surface area contributed by atoms with E-state index < -0.39 is 11.6 Å². The second-order valence-electron chi connectivity index (χ2n) is 5.67. The van der Waals surface area contributed by atoms with Gasteiger partial charge in [0.25, 0.3) is 0 Å². The van der Waals surface area contributed by atoms with Crippen molar-refractivity contribution >= 4 is 22.6 Å². The summed E-state index contributed by atoms with van der Waals surface area (Å²) < 4.78 is 29.0. The molecule has 1 aliphatic rings. The smallest absolute Gasteiger partial charge is 0.153 e. The van der Waals surface area contributed by atoms with E-state index >= 15 is 0 Å². The zero-order valence-corrected chi connectivity index (χ0v) is 11.5. The zero-order chi connectivity index (χ0) is 13.6. The molecule has 0 unspecified atom stereocenters. The largest absolute Gasteiger partial charge is 0.326 e. The van der Waals surface area contributed by atoms with E-state index in [1.54, 1.807) is 0 Å². The summed E-state index contributed by atoms with van der Waals surface area (Å²) in [5.41, 5.74) is 0.901. The van der Waals surface area contributed by atoms with Crippen molar-refractivity contribution in [3.63, 3.8) is 0 Å². The van der Waals surface area contributed by atoms with Gasteiger partial charge in [-0.15, -0.1) is 11.6 Å². The van der Waals surface area contributed by atoms with Gasteiger partial charge < -0.3 is 4.57 Å². The number of hydrogen-bond donors (Lipinski definition) is 0. The highest BCUT2D eigenvalue weighted by Crippen LogP contribution is 2.42. The minimum absolute atomic E-state index is 0.192. The molecule has 2 aromatic rings. The third-order valence-corrected chi connectivity index (χ3v) is 4.31. The van der Waals surface area contributed by atoms with Crippen molar-refractivity contribution in [1.82, 2.24) is 9.55 Å². The Morgan fingerprint density at radius 2 is 2.11 bits per heavy atom. The van der Waals surface area contributed by atoms with Gasteiger partial charge in [0, 0.05) is 12.6 Å². The average Bonchev–Trinajstić information content (AvgIpc) is 2.66. The van der Waals surface area contributed by atoms with Crippen molar-refractivity contribution in [3.05, 3.63) is 29.6 Å². The maximum Gasteiger partial charge on any atom is 0.153 e. The molecule has 2 nitrogen and oxygen atoms in total. The highest BCUT2D eigenvalue weighted by Gasteiger charge is 2.33. The highest BCUT2D eigenvalue weighted by molar-refractivity contribution is 6.16. The van der Waals surface area contributed by atoms with Crippen LogP contribution in [0, 0.1) is 17.0 Å². The maximum absolute atomic E-state index is 13.7. The Balaban J connectivity index is 2.14. The molecule has 1 saturated carbocycles. The summed E-state index contributed by atoms with van der Waals surface area (Å²) in [6.07, 6.45) is 3.47. The Hall–Kier alpha value is -1.16. The number of alkyl halides is 1. The van der Waals surface area contributed by atoms with Gasteiger partial charge in [-0.2, -0.15) is 0 Å². The van der Waals surface area contributed by atoms with Crippen molar-refractivity contribution in [1.29, 1.82) is 0 Å². The van der Waals surface area contributed by atoms with Crippen LogP contribution < -0.4 is 0 Å². The fourth-order valence-electron chi connectivity index (χ4n) is 2.80. The average molecular weight is 285 g/mol. The first kappa shape index (κ1) is 12.9. The lowest BCUT2D eigenvalue weighted by atomic mass is 9.70. The standard InChI is InChI=1S/C14H15ClF2N2/c1-14(3-2-4-14)8-19-11-6-9(16)5-10(17)13(11)18-12(19)7-15/h5-6H,2-4,7-8H2,1H3. The van der Waals surface area contributed by atoms with Crippen LogP contribution in [0.3, 0.4) is 0 Å². The third kappa shape index (κ3) is 2.12. The monoisotopic (exact) mass is 284 g/mol. The van der Waals surface area contributed by atoms with Crippen LogP contribution in [0.5, 0.6) is 0 Å². The minimum Gasteiger partial charge on any atom is -0.326 e. The summed E-state index contributed by atoms with van der Waals surface area (Å²) >= 11 is 5.89. The van der Waals surface area contributed by atoms with Crippen LogP contribution >= 0.6 is 11.6 Å². The van der Waals surface area contributed by atoms with Gasteiger partial charge >= 0.3 is 0 Å². The molecule has 0 radical (unpaired) electrons. The first-order chi connectivity index (χ1) is 9.02. The molecule has 0 spiro atoms. The van der Waals surface area contributed by atoms with Gasteiger partial charge in [0.15, 0.2) is 5.82 Å². The number of nitrogens with zero attached hydrogens (tertiary/aromatic N) is 2. The Morgan fingerprint density at radius 1 is 1.37 bits per heavy atom. The van der Waals surface area contributed by atoms with E-state index in [9.17, 15) is 8.78 Å². The van der Waals surface area contributed by atoms with E-state index in [1.807, 2.05) is 4.57 Å². The lowest BCUT2D eigenvalue weighted by Crippen LogP contribution is -2.31. The summed E-state index contributed by atoms with van der Waals surface area (Å²) in [6, 6.07) is 2.20. The quantitative estimate of drug-likeness (QED) is 0.771. The summed E-state index contributed by atoms with van der Waals surface area (Å²) in [4.78, 5) is 4.20. The molecule has 1 aromatic heterocycles. The summed E-state index contributed by atoms with van der Waals surface area (Å²) in [7, 11) is 0. The molecule has 0 N–H and O–H groups in total. The van der Waals surface area contributed by atoms with Crippen LogP contribution in [0.4, 0.5) is 8.78 Å². The van der Waals surface area contributed by atoms with Gasteiger partial charge in [-0.25, -0.2) is 13.8 Å². The molecule has 1 fully saturated rings. The first-order valence-electron chi connectivity index (χ1n) is 6.42. The number of rotatable bonds is 3. The van der Waals surface area contributed by atoms with Gasteiger partial charge in [-0.3, -0.25) is 0 Å². The SMILES string of the molecule is CC1(Cn2c(CCl)nc3c(F)cc(F)cc32)CCC1. The molecule has 0 atom stereocenters. The van der Waals surface area contributed by atoms with Crippen molar-refractivity contribution in [2.24, 2.45) is 5.41 Å².